The number of aryl methyl sites for hydroxylation is 1. The predicted octanol–water partition coefficient (Wildman–Crippen LogP) is 5.79. The van der Waals surface area contributed by atoms with Gasteiger partial charge in [0.2, 0.25) is 0 Å². The first kappa shape index (κ1) is 17.2. The Hall–Kier alpha value is -0.820. The van der Waals surface area contributed by atoms with E-state index in [4.69, 9.17) is 0 Å². The quantitative estimate of drug-likeness (QED) is 0.504. The van der Waals surface area contributed by atoms with Crippen molar-refractivity contribution in [1.29, 1.82) is 0 Å². The highest BCUT2D eigenvalue weighted by molar-refractivity contribution is 5.28. The van der Waals surface area contributed by atoms with Crippen molar-refractivity contribution in [2.75, 3.05) is 6.54 Å². The van der Waals surface area contributed by atoms with Crippen molar-refractivity contribution in [3.8, 4) is 0 Å². The van der Waals surface area contributed by atoms with Gasteiger partial charge in [-0.15, -0.1) is 0 Å². The molecule has 1 nitrogen and oxygen atoms in total. The van der Waals surface area contributed by atoms with Crippen molar-refractivity contribution < 1.29 is 0 Å². The lowest BCUT2D eigenvalue weighted by Gasteiger charge is -2.20. The van der Waals surface area contributed by atoms with Gasteiger partial charge < -0.3 is 5.32 Å². The SMILES string of the molecule is CCCCCCCCCC(NCC)c1ccccc1C. The van der Waals surface area contributed by atoms with E-state index in [0.717, 1.165) is 6.54 Å². The van der Waals surface area contributed by atoms with Crippen molar-refractivity contribution in [3.05, 3.63) is 35.4 Å². The number of hydrogen-bond donors (Lipinski definition) is 1. The summed E-state index contributed by atoms with van der Waals surface area (Å²) in [5.41, 5.74) is 2.90. The normalized spacial score (nSPS) is 12.6. The summed E-state index contributed by atoms with van der Waals surface area (Å²) in [4.78, 5) is 0. The molecule has 1 heteroatoms. The van der Waals surface area contributed by atoms with E-state index in [-0.39, 0.29) is 0 Å². The van der Waals surface area contributed by atoms with Crippen molar-refractivity contribution in [3.63, 3.8) is 0 Å². The van der Waals surface area contributed by atoms with Crippen LogP contribution in [-0.2, 0) is 0 Å². The minimum Gasteiger partial charge on any atom is -0.310 e. The molecule has 0 amide bonds. The van der Waals surface area contributed by atoms with Crippen LogP contribution in [0.1, 0.15) is 82.4 Å². The lowest BCUT2D eigenvalue weighted by Crippen LogP contribution is -2.21. The molecule has 0 bridgehead atoms. The smallest absolute Gasteiger partial charge is 0.0322 e. The van der Waals surface area contributed by atoms with Gasteiger partial charge in [-0.05, 0) is 31.0 Å². The van der Waals surface area contributed by atoms with Gasteiger partial charge in [0.05, 0.1) is 0 Å². The monoisotopic (exact) mass is 275 g/mol. The summed E-state index contributed by atoms with van der Waals surface area (Å²) in [5.74, 6) is 0. The van der Waals surface area contributed by atoms with Gasteiger partial charge in [-0.3, -0.25) is 0 Å². The highest BCUT2D eigenvalue weighted by Gasteiger charge is 2.11. The second-order valence-corrected chi connectivity index (χ2v) is 5.88. The average molecular weight is 275 g/mol. The highest BCUT2D eigenvalue weighted by atomic mass is 14.9. The summed E-state index contributed by atoms with van der Waals surface area (Å²) < 4.78 is 0. The fraction of sp³-hybridized carbons (Fsp3) is 0.684. The molecule has 114 valence electrons. The molecule has 0 aliphatic rings. The third-order valence-electron chi connectivity index (χ3n) is 4.11. The van der Waals surface area contributed by atoms with Gasteiger partial charge >= 0.3 is 0 Å². The lowest BCUT2D eigenvalue weighted by molar-refractivity contribution is 0.474. The first-order chi connectivity index (χ1) is 9.79. The average Bonchev–Trinajstić information content (AvgIpc) is 2.46. The lowest BCUT2D eigenvalue weighted by atomic mass is 9.96. The first-order valence-electron chi connectivity index (χ1n) is 8.58. The Balaban J connectivity index is 2.31. The third-order valence-corrected chi connectivity index (χ3v) is 4.11. The highest BCUT2D eigenvalue weighted by Crippen LogP contribution is 2.23. The molecule has 1 rings (SSSR count). The van der Waals surface area contributed by atoms with Gasteiger partial charge in [0.1, 0.15) is 0 Å². The molecule has 1 unspecified atom stereocenters. The summed E-state index contributed by atoms with van der Waals surface area (Å²) >= 11 is 0. The van der Waals surface area contributed by atoms with Crippen LogP contribution in [0.5, 0.6) is 0 Å². The van der Waals surface area contributed by atoms with E-state index in [1.54, 1.807) is 0 Å². The largest absolute Gasteiger partial charge is 0.310 e. The number of benzene rings is 1. The number of unbranched alkanes of at least 4 members (excludes halogenated alkanes) is 6. The van der Waals surface area contributed by atoms with Crippen LogP contribution in [0.25, 0.3) is 0 Å². The molecule has 0 aromatic heterocycles. The van der Waals surface area contributed by atoms with Gasteiger partial charge in [-0.25, -0.2) is 0 Å². The summed E-state index contributed by atoms with van der Waals surface area (Å²) in [7, 11) is 0. The van der Waals surface area contributed by atoms with E-state index in [1.165, 1.54) is 62.5 Å². The molecular weight excluding hydrogens is 242 g/mol. The molecule has 0 saturated carbocycles. The molecule has 0 fully saturated rings. The van der Waals surface area contributed by atoms with Gasteiger partial charge in [-0.1, -0.05) is 83.1 Å². The molecule has 1 atom stereocenters. The van der Waals surface area contributed by atoms with Crippen LogP contribution >= 0.6 is 0 Å². The standard InChI is InChI=1S/C19H33N/c1-4-6-7-8-9-10-11-16-19(20-5-2)18-15-13-12-14-17(18)3/h12-15,19-20H,4-11,16H2,1-3H3. The Morgan fingerprint density at radius 1 is 0.900 bits per heavy atom. The second-order valence-electron chi connectivity index (χ2n) is 5.88. The summed E-state index contributed by atoms with van der Waals surface area (Å²) in [6, 6.07) is 9.35. The van der Waals surface area contributed by atoms with Gasteiger partial charge in [-0.2, -0.15) is 0 Å². The summed E-state index contributed by atoms with van der Waals surface area (Å²) in [6.45, 7) is 7.76. The van der Waals surface area contributed by atoms with Crippen molar-refractivity contribution in [1.82, 2.24) is 5.32 Å². The summed E-state index contributed by atoms with van der Waals surface area (Å²) in [5, 5.41) is 3.65. The maximum Gasteiger partial charge on any atom is 0.0322 e. The molecule has 0 spiro atoms. The Bertz CT molecular complexity index is 345. The van der Waals surface area contributed by atoms with Crippen LogP contribution in [-0.4, -0.2) is 6.54 Å². The number of nitrogens with one attached hydrogen (secondary N) is 1. The van der Waals surface area contributed by atoms with Crippen LogP contribution in [0.4, 0.5) is 0 Å². The Morgan fingerprint density at radius 2 is 1.55 bits per heavy atom. The molecule has 0 saturated heterocycles. The van der Waals surface area contributed by atoms with Gasteiger partial charge in [0.15, 0.2) is 0 Å². The molecule has 1 aromatic rings. The maximum absolute atomic E-state index is 3.65. The zero-order valence-electron chi connectivity index (χ0n) is 13.8. The van der Waals surface area contributed by atoms with Crippen LogP contribution < -0.4 is 5.32 Å². The van der Waals surface area contributed by atoms with Crippen LogP contribution in [0.3, 0.4) is 0 Å². The Morgan fingerprint density at radius 3 is 2.20 bits per heavy atom. The molecule has 0 aliphatic carbocycles. The van der Waals surface area contributed by atoms with E-state index in [1.807, 2.05) is 0 Å². The van der Waals surface area contributed by atoms with E-state index in [0.29, 0.717) is 6.04 Å². The molecule has 1 N–H and O–H groups in total. The fourth-order valence-electron chi connectivity index (χ4n) is 2.90. The minimum atomic E-state index is 0.539. The predicted molar refractivity (Wildman–Crippen MR) is 90.2 cm³/mol. The molecule has 0 aliphatic heterocycles. The van der Waals surface area contributed by atoms with E-state index in [9.17, 15) is 0 Å². The summed E-state index contributed by atoms with van der Waals surface area (Å²) in [6.07, 6.45) is 11.0. The van der Waals surface area contributed by atoms with Crippen molar-refractivity contribution in [2.45, 2.75) is 78.2 Å². The molecule has 0 radical (unpaired) electrons. The van der Waals surface area contributed by atoms with E-state index < -0.39 is 0 Å². The third kappa shape index (κ3) is 6.56. The molecular formula is C19H33N. The van der Waals surface area contributed by atoms with E-state index >= 15 is 0 Å². The molecule has 20 heavy (non-hydrogen) atoms. The van der Waals surface area contributed by atoms with Crippen molar-refractivity contribution >= 4 is 0 Å². The van der Waals surface area contributed by atoms with Crippen molar-refractivity contribution in [2.24, 2.45) is 0 Å². The van der Waals surface area contributed by atoms with Crippen LogP contribution in [0.15, 0.2) is 24.3 Å². The maximum atomic E-state index is 3.65. The Kier molecular flexibility index (Phi) is 9.40. The number of hydrogen-bond acceptors (Lipinski definition) is 1. The molecule has 1 aromatic carbocycles. The zero-order valence-corrected chi connectivity index (χ0v) is 13.8. The zero-order chi connectivity index (χ0) is 14.6. The fourth-order valence-corrected chi connectivity index (χ4v) is 2.90. The van der Waals surface area contributed by atoms with Gasteiger partial charge in [0, 0.05) is 6.04 Å². The van der Waals surface area contributed by atoms with Crippen LogP contribution in [0.2, 0.25) is 0 Å². The molecule has 0 heterocycles. The second kappa shape index (κ2) is 10.9. The van der Waals surface area contributed by atoms with Gasteiger partial charge in [0.25, 0.3) is 0 Å². The topological polar surface area (TPSA) is 12.0 Å². The van der Waals surface area contributed by atoms with Crippen LogP contribution in [0, 0.1) is 6.92 Å². The Labute approximate surface area is 126 Å². The number of rotatable bonds is 11. The minimum absolute atomic E-state index is 0.539. The van der Waals surface area contributed by atoms with E-state index in [2.05, 4.69) is 50.4 Å². The first-order valence-corrected chi connectivity index (χ1v) is 8.58.